The van der Waals surface area contributed by atoms with E-state index in [1.165, 1.54) is 18.4 Å². The number of nitrogens with one attached hydrogen (secondary N) is 3. The summed E-state index contributed by atoms with van der Waals surface area (Å²) in [6.07, 6.45) is 5.44. The van der Waals surface area contributed by atoms with Gasteiger partial charge in [-0.25, -0.2) is 0 Å². The lowest BCUT2D eigenvalue weighted by Gasteiger charge is -2.31. The molecule has 0 bridgehead atoms. The third kappa shape index (κ3) is 3.93. The van der Waals surface area contributed by atoms with E-state index in [9.17, 15) is 4.79 Å². The van der Waals surface area contributed by atoms with Gasteiger partial charge in [0.05, 0.1) is 11.3 Å². The molecule has 4 rings (SSSR count). The van der Waals surface area contributed by atoms with Gasteiger partial charge in [0.1, 0.15) is 0 Å². The molecule has 2 aliphatic rings. The molecule has 142 valence electrons. The third-order valence-corrected chi connectivity index (χ3v) is 5.60. The minimum Gasteiger partial charge on any atom is -0.381 e. The van der Waals surface area contributed by atoms with E-state index in [1.807, 2.05) is 18.2 Å². The van der Waals surface area contributed by atoms with Gasteiger partial charge >= 0.3 is 0 Å². The maximum Gasteiger partial charge on any atom is 0.253 e. The van der Waals surface area contributed by atoms with Crippen molar-refractivity contribution in [1.29, 1.82) is 0 Å². The van der Waals surface area contributed by atoms with E-state index in [0.717, 1.165) is 47.5 Å². The Bertz CT molecular complexity index is 848. The van der Waals surface area contributed by atoms with Crippen LogP contribution < -0.4 is 21.7 Å². The van der Waals surface area contributed by atoms with Crippen molar-refractivity contribution in [3.8, 4) is 0 Å². The molecule has 27 heavy (non-hydrogen) atoms. The number of carbonyl (C=O) groups excluding carboxylic acids is 1. The van der Waals surface area contributed by atoms with Crippen LogP contribution in [-0.2, 0) is 6.42 Å². The van der Waals surface area contributed by atoms with Gasteiger partial charge < -0.3 is 21.7 Å². The van der Waals surface area contributed by atoms with Crippen LogP contribution in [0.25, 0.3) is 0 Å². The fraction of sp³-hybridized carbons (Fsp3) is 0.409. The van der Waals surface area contributed by atoms with Gasteiger partial charge in [-0.1, -0.05) is 25.0 Å². The summed E-state index contributed by atoms with van der Waals surface area (Å²) in [5, 5.41) is 10.1. The lowest BCUT2D eigenvalue weighted by atomic mass is 9.90. The number of carbonyl (C=O) groups is 1. The van der Waals surface area contributed by atoms with Crippen LogP contribution in [0.3, 0.4) is 0 Å². The van der Waals surface area contributed by atoms with Crippen LogP contribution in [0.4, 0.5) is 17.1 Å². The summed E-state index contributed by atoms with van der Waals surface area (Å²) in [5.41, 5.74) is 12.2. The van der Waals surface area contributed by atoms with Crippen LogP contribution in [0.1, 0.15) is 47.2 Å². The number of fused-ring (bicyclic) bond motifs is 1. The van der Waals surface area contributed by atoms with E-state index < -0.39 is 0 Å². The smallest absolute Gasteiger partial charge is 0.253 e. The van der Waals surface area contributed by atoms with Crippen molar-refractivity contribution in [2.75, 3.05) is 17.2 Å². The Hall–Kier alpha value is -2.53. The van der Waals surface area contributed by atoms with Crippen molar-refractivity contribution < 1.29 is 4.79 Å². The minimum atomic E-state index is -0.00711. The summed E-state index contributed by atoms with van der Waals surface area (Å²) >= 11 is 0. The summed E-state index contributed by atoms with van der Waals surface area (Å²) < 4.78 is 0. The van der Waals surface area contributed by atoms with E-state index in [-0.39, 0.29) is 11.9 Å². The predicted octanol–water partition coefficient (Wildman–Crippen LogP) is 3.71. The second kappa shape index (κ2) is 7.61. The quantitative estimate of drug-likeness (QED) is 0.667. The van der Waals surface area contributed by atoms with Gasteiger partial charge in [0.25, 0.3) is 5.91 Å². The van der Waals surface area contributed by atoms with Crippen LogP contribution >= 0.6 is 0 Å². The molecule has 2 aromatic carbocycles. The van der Waals surface area contributed by atoms with E-state index in [4.69, 9.17) is 5.73 Å². The van der Waals surface area contributed by atoms with Gasteiger partial charge in [0.15, 0.2) is 0 Å². The first-order valence-electron chi connectivity index (χ1n) is 9.91. The fourth-order valence-corrected chi connectivity index (χ4v) is 4.18. The van der Waals surface area contributed by atoms with Gasteiger partial charge in [-0.15, -0.1) is 0 Å². The van der Waals surface area contributed by atoms with Gasteiger partial charge in [-0.05, 0) is 61.6 Å². The maximum absolute atomic E-state index is 12.5. The van der Waals surface area contributed by atoms with Crippen molar-refractivity contribution >= 4 is 23.0 Å². The number of benzene rings is 2. The largest absolute Gasteiger partial charge is 0.381 e. The van der Waals surface area contributed by atoms with Crippen LogP contribution in [0, 0.1) is 6.92 Å². The van der Waals surface area contributed by atoms with Crippen molar-refractivity contribution in [2.24, 2.45) is 5.73 Å². The minimum absolute atomic E-state index is 0.00711. The lowest BCUT2D eigenvalue weighted by molar-refractivity contribution is 0.0947. The first kappa shape index (κ1) is 17.9. The van der Waals surface area contributed by atoms with Gasteiger partial charge in [0, 0.05) is 30.0 Å². The number of rotatable bonds is 4. The molecule has 2 atom stereocenters. The van der Waals surface area contributed by atoms with Gasteiger partial charge in [-0.2, -0.15) is 0 Å². The highest BCUT2D eigenvalue weighted by molar-refractivity contribution is 6.03. The molecule has 1 saturated carbocycles. The number of aryl methyl sites for hydroxylation is 1. The normalized spacial score (nSPS) is 21.9. The third-order valence-electron chi connectivity index (χ3n) is 5.60. The number of amides is 1. The number of hydrogen-bond donors (Lipinski definition) is 4. The highest BCUT2D eigenvalue weighted by atomic mass is 16.1. The van der Waals surface area contributed by atoms with Crippen molar-refractivity contribution in [3.63, 3.8) is 0 Å². The zero-order chi connectivity index (χ0) is 18.8. The van der Waals surface area contributed by atoms with Gasteiger partial charge in [0.2, 0.25) is 0 Å². The molecule has 1 aliphatic carbocycles. The Morgan fingerprint density at radius 3 is 2.78 bits per heavy atom. The molecule has 5 nitrogen and oxygen atoms in total. The molecule has 1 heterocycles. The predicted molar refractivity (Wildman–Crippen MR) is 111 cm³/mol. The second-order valence-electron chi connectivity index (χ2n) is 7.76. The summed E-state index contributed by atoms with van der Waals surface area (Å²) in [6, 6.07) is 12.8. The molecule has 0 unspecified atom stereocenters. The Morgan fingerprint density at radius 1 is 1.11 bits per heavy atom. The fourth-order valence-electron chi connectivity index (χ4n) is 4.18. The molecule has 0 saturated heterocycles. The molecule has 1 aliphatic heterocycles. The monoisotopic (exact) mass is 364 g/mol. The number of nitrogens with two attached hydrogens (primary N) is 1. The molecular weight excluding hydrogens is 336 g/mol. The Morgan fingerprint density at radius 2 is 1.96 bits per heavy atom. The van der Waals surface area contributed by atoms with E-state index in [1.54, 1.807) is 0 Å². The summed E-state index contributed by atoms with van der Waals surface area (Å²) in [7, 11) is 0. The van der Waals surface area contributed by atoms with E-state index in [2.05, 4.69) is 41.1 Å². The highest BCUT2D eigenvalue weighted by Gasteiger charge is 2.25. The zero-order valence-corrected chi connectivity index (χ0v) is 15.8. The zero-order valence-electron chi connectivity index (χ0n) is 15.8. The van der Waals surface area contributed by atoms with Crippen molar-refractivity contribution in [3.05, 3.63) is 53.1 Å². The first-order valence-corrected chi connectivity index (χ1v) is 9.91. The molecule has 0 spiro atoms. The van der Waals surface area contributed by atoms with Crippen molar-refractivity contribution in [1.82, 2.24) is 5.32 Å². The molecular formula is C22H28N4O. The first-order chi connectivity index (χ1) is 13.1. The average Bonchev–Trinajstić information content (AvgIpc) is 2.64. The highest BCUT2D eigenvalue weighted by Crippen LogP contribution is 2.32. The lowest BCUT2D eigenvalue weighted by Crippen LogP contribution is -2.42. The van der Waals surface area contributed by atoms with Crippen LogP contribution in [0.15, 0.2) is 36.4 Å². The summed E-state index contributed by atoms with van der Waals surface area (Å²) in [5.74, 6) is -0.00711. The van der Waals surface area contributed by atoms with E-state index >= 15 is 0 Å². The molecule has 1 amide bonds. The average molecular weight is 364 g/mol. The van der Waals surface area contributed by atoms with Crippen LogP contribution in [-0.4, -0.2) is 24.5 Å². The second-order valence-corrected chi connectivity index (χ2v) is 7.76. The van der Waals surface area contributed by atoms with Crippen LogP contribution in [0.5, 0.6) is 0 Å². The summed E-state index contributed by atoms with van der Waals surface area (Å²) in [4.78, 5) is 12.5. The van der Waals surface area contributed by atoms with Crippen LogP contribution in [0.2, 0.25) is 0 Å². The number of hydrogen-bond acceptors (Lipinski definition) is 4. The molecule has 5 N–H and O–H groups in total. The van der Waals surface area contributed by atoms with E-state index in [0.29, 0.717) is 12.6 Å². The Kier molecular flexibility index (Phi) is 5.03. The molecule has 1 fully saturated rings. The summed E-state index contributed by atoms with van der Waals surface area (Å²) in [6.45, 7) is 2.75. The topological polar surface area (TPSA) is 79.2 Å². The van der Waals surface area contributed by atoms with Crippen molar-refractivity contribution in [2.45, 2.75) is 51.1 Å². The molecule has 0 radical (unpaired) electrons. The molecule has 5 heteroatoms. The van der Waals surface area contributed by atoms with Gasteiger partial charge in [-0.3, -0.25) is 4.79 Å². The maximum atomic E-state index is 12.5. The molecule has 2 aromatic rings. The molecule has 0 aromatic heterocycles. The standard InChI is InChI=1S/C22H28N4O/c1-14-5-4-6-16(11-14)25-20-13-17(26-19-8-3-2-7-18(19)23)12-15-9-10-24-22(27)21(15)20/h4-6,11-13,18-19,25-26H,2-3,7-10,23H2,1H3,(H,24,27)/t18-,19+/m0/s1. The Balaban J connectivity index is 1.68. The Labute approximate surface area is 160 Å². The SMILES string of the molecule is Cc1cccc(Nc2cc(N[C@@H]3CCCC[C@@H]3N)cc3c2C(=O)NCC3)c1. The number of anilines is 3.